The highest BCUT2D eigenvalue weighted by molar-refractivity contribution is 5.27. The van der Waals surface area contributed by atoms with Crippen molar-refractivity contribution in [3.8, 4) is 11.8 Å². The van der Waals surface area contributed by atoms with Crippen molar-refractivity contribution in [2.45, 2.75) is 57.7 Å². The molecule has 0 saturated heterocycles. The first kappa shape index (κ1) is 19.4. The Labute approximate surface area is 147 Å². The molecule has 1 aromatic rings. The van der Waals surface area contributed by atoms with Crippen LogP contribution in [0.25, 0.3) is 0 Å². The molecule has 0 bridgehead atoms. The van der Waals surface area contributed by atoms with Gasteiger partial charge in [0.1, 0.15) is 5.75 Å². The van der Waals surface area contributed by atoms with Gasteiger partial charge in [-0.15, -0.1) is 13.2 Å². The number of rotatable bonds is 7. The van der Waals surface area contributed by atoms with Gasteiger partial charge in [-0.3, -0.25) is 0 Å². The minimum absolute atomic E-state index is 0.165. The Kier molecular flexibility index (Phi) is 7.36. The Morgan fingerprint density at radius 2 is 1.64 bits per heavy atom. The van der Waals surface area contributed by atoms with Crippen LogP contribution in [0.15, 0.2) is 36.4 Å². The molecular formula is C20H24F3NO. The van der Waals surface area contributed by atoms with Crippen molar-refractivity contribution < 1.29 is 17.9 Å². The van der Waals surface area contributed by atoms with Crippen molar-refractivity contribution in [1.29, 1.82) is 5.26 Å². The zero-order valence-corrected chi connectivity index (χ0v) is 14.3. The molecule has 1 aliphatic carbocycles. The molecular weight excluding hydrogens is 327 g/mol. The SMILES string of the molecule is N#CC=CCC[C@H]1CC[C@H](CCc2ccc(OC(F)(F)F)cc2)CC1. The molecule has 1 aromatic carbocycles. The van der Waals surface area contributed by atoms with Crippen LogP contribution < -0.4 is 4.74 Å². The van der Waals surface area contributed by atoms with E-state index in [1.54, 1.807) is 18.2 Å². The fourth-order valence-electron chi connectivity index (χ4n) is 3.51. The molecule has 5 heteroatoms. The number of allylic oxidation sites excluding steroid dienone is 2. The van der Waals surface area contributed by atoms with E-state index in [1.165, 1.54) is 37.8 Å². The van der Waals surface area contributed by atoms with Gasteiger partial charge in [-0.25, -0.2) is 0 Å². The normalized spacial score (nSPS) is 21.2. The van der Waals surface area contributed by atoms with E-state index in [4.69, 9.17) is 5.26 Å². The molecule has 0 N–H and O–H groups in total. The second-order valence-corrected chi connectivity index (χ2v) is 6.73. The highest BCUT2D eigenvalue weighted by Crippen LogP contribution is 2.34. The highest BCUT2D eigenvalue weighted by atomic mass is 19.4. The standard InChI is InChI=1S/C20H24F3NO/c21-20(22,23)25-19-13-11-18(12-14-19)10-9-17-7-5-16(6-8-17)4-2-1-3-15-24/h1,3,11-14,16-17H,2,4-10H2/t16-,17-. The Hall–Kier alpha value is -1.96. The number of hydrogen-bond donors (Lipinski definition) is 0. The second kappa shape index (κ2) is 9.50. The lowest BCUT2D eigenvalue weighted by Gasteiger charge is -2.28. The molecule has 0 atom stereocenters. The van der Waals surface area contributed by atoms with Crippen molar-refractivity contribution >= 4 is 0 Å². The Morgan fingerprint density at radius 1 is 1.04 bits per heavy atom. The number of hydrogen-bond acceptors (Lipinski definition) is 2. The second-order valence-electron chi connectivity index (χ2n) is 6.73. The first-order chi connectivity index (χ1) is 12.0. The molecule has 0 unspecified atom stereocenters. The third-order valence-corrected chi connectivity index (χ3v) is 4.90. The third kappa shape index (κ3) is 7.64. The summed E-state index contributed by atoms with van der Waals surface area (Å²) in [4.78, 5) is 0. The summed E-state index contributed by atoms with van der Waals surface area (Å²) in [7, 11) is 0. The molecule has 25 heavy (non-hydrogen) atoms. The lowest BCUT2D eigenvalue weighted by atomic mass is 9.78. The first-order valence-corrected chi connectivity index (χ1v) is 8.85. The number of halogens is 3. The van der Waals surface area contributed by atoms with E-state index < -0.39 is 6.36 Å². The number of aryl methyl sites for hydroxylation is 1. The van der Waals surface area contributed by atoms with E-state index in [9.17, 15) is 13.2 Å². The molecule has 0 aliphatic heterocycles. The van der Waals surface area contributed by atoms with Crippen LogP contribution in [-0.4, -0.2) is 6.36 Å². The van der Waals surface area contributed by atoms with E-state index in [-0.39, 0.29) is 5.75 Å². The zero-order valence-electron chi connectivity index (χ0n) is 14.3. The number of nitriles is 1. The molecule has 0 amide bonds. The van der Waals surface area contributed by atoms with Crippen molar-refractivity contribution in [2.24, 2.45) is 11.8 Å². The van der Waals surface area contributed by atoms with Gasteiger partial charge in [0, 0.05) is 6.08 Å². The Balaban J connectivity index is 1.67. The summed E-state index contributed by atoms with van der Waals surface area (Å²) in [5.74, 6) is 1.30. The van der Waals surface area contributed by atoms with Crippen LogP contribution in [0.2, 0.25) is 0 Å². The summed E-state index contributed by atoms with van der Waals surface area (Å²) in [5, 5.41) is 8.46. The number of alkyl halides is 3. The largest absolute Gasteiger partial charge is 0.573 e. The van der Waals surface area contributed by atoms with Gasteiger partial charge in [0.05, 0.1) is 6.07 Å². The molecule has 2 nitrogen and oxygen atoms in total. The minimum atomic E-state index is -4.63. The smallest absolute Gasteiger partial charge is 0.406 e. The van der Waals surface area contributed by atoms with Gasteiger partial charge < -0.3 is 4.74 Å². The molecule has 1 fully saturated rings. The van der Waals surface area contributed by atoms with Crippen LogP contribution >= 0.6 is 0 Å². The van der Waals surface area contributed by atoms with Crippen molar-refractivity contribution in [3.63, 3.8) is 0 Å². The van der Waals surface area contributed by atoms with E-state index in [0.29, 0.717) is 5.92 Å². The lowest BCUT2D eigenvalue weighted by molar-refractivity contribution is -0.274. The minimum Gasteiger partial charge on any atom is -0.406 e. The topological polar surface area (TPSA) is 33.0 Å². The number of nitrogens with zero attached hydrogens (tertiary/aromatic N) is 1. The maximum absolute atomic E-state index is 12.1. The Bertz CT molecular complexity index is 578. The van der Waals surface area contributed by atoms with E-state index in [2.05, 4.69) is 4.74 Å². The van der Waals surface area contributed by atoms with Gasteiger partial charge in [-0.05, 0) is 55.2 Å². The molecule has 136 valence electrons. The summed E-state index contributed by atoms with van der Waals surface area (Å²) >= 11 is 0. The summed E-state index contributed by atoms with van der Waals surface area (Å²) in [6.07, 6.45) is 7.91. The summed E-state index contributed by atoms with van der Waals surface area (Å²) < 4.78 is 40.3. The van der Waals surface area contributed by atoms with Crippen LogP contribution in [0.1, 0.15) is 50.5 Å². The Morgan fingerprint density at radius 3 is 2.20 bits per heavy atom. The third-order valence-electron chi connectivity index (χ3n) is 4.90. The van der Waals surface area contributed by atoms with E-state index in [0.717, 1.165) is 37.2 Å². The van der Waals surface area contributed by atoms with Gasteiger partial charge in [-0.2, -0.15) is 5.26 Å². The predicted octanol–water partition coefficient (Wildman–Crippen LogP) is 6.18. The van der Waals surface area contributed by atoms with Gasteiger partial charge in [0.15, 0.2) is 0 Å². The molecule has 1 saturated carbocycles. The first-order valence-electron chi connectivity index (χ1n) is 8.85. The van der Waals surface area contributed by atoms with Crippen molar-refractivity contribution in [2.75, 3.05) is 0 Å². The average Bonchev–Trinajstić information content (AvgIpc) is 2.58. The average molecular weight is 351 g/mol. The molecule has 0 spiro atoms. The van der Waals surface area contributed by atoms with Gasteiger partial charge >= 0.3 is 6.36 Å². The molecule has 1 aliphatic rings. The van der Waals surface area contributed by atoms with Crippen LogP contribution in [0.5, 0.6) is 5.75 Å². The monoisotopic (exact) mass is 351 g/mol. The predicted molar refractivity (Wildman–Crippen MR) is 90.9 cm³/mol. The molecule has 0 heterocycles. The van der Waals surface area contributed by atoms with E-state index in [1.807, 2.05) is 12.1 Å². The van der Waals surface area contributed by atoms with Gasteiger partial charge in [-0.1, -0.05) is 43.9 Å². The quantitative estimate of drug-likeness (QED) is 0.549. The van der Waals surface area contributed by atoms with Gasteiger partial charge in [0.2, 0.25) is 0 Å². The van der Waals surface area contributed by atoms with Crippen molar-refractivity contribution in [1.82, 2.24) is 0 Å². The van der Waals surface area contributed by atoms with E-state index >= 15 is 0 Å². The maximum atomic E-state index is 12.1. The number of benzene rings is 1. The maximum Gasteiger partial charge on any atom is 0.573 e. The van der Waals surface area contributed by atoms with Crippen molar-refractivity contribution in [3.05, 3.63) is 42.0 Å². The van der Waals surface area contributed by atoms with Crippen LogP contribution in [0.4, 0.5) is 13.2 Å². The van der Waals surface area contributed by atoms with Crippen LogP contribution in [0.3, 0.4) is 0 Å². The van der Waals surface area contributed by atoms with Crippen LogP contribution in [0, 0.1) is 23.2 Å². The molecule has 0 aromatic heterocycles. The highest BCUT2D eigenvalue weighted by Gasteiger charge is 2.31. The van der Waals surface area contributed by atoms with Gasteiger partial charge in [0.25, 0.3) is 0 Å². The fourth-order valence-corrected chi connectivity index (χ4v) is 3.51. The molecule has 0 radical (unpaired) electrons. The zero-order chi connectivity index (χ0) is 18.1. The number of ether oxygens (including phenoxy) is 1. The molecule has 2 rings (SSSR count). The van der Waals surface area contributed by atoms with Crippen LogP contribution in [-0.2, 0) is 6.42 Å². The summed E-state index contributed by atoms with van der Waals surface area (Å²) in [5.41, 5.74) is 1.05. The summed E-state index contributed by atoms with van der Waals surface area (Å²) in [6.45, 7) is 0. The summed E-state index contributed by atoms with van der Waals surface area (Å²) in [6, 6.07) is 8.22. The fraction of sp³-hybridized carbons (Fsp3) is 0.550. The lowest BCUT2D eigenvalue weighted by Crippen LogP contribution is -2.17.